The van der Waals surface area contributed by atoms with Gasteiger partial charge in [0.2, 0.25) is 0 Å². The summed E-state index contributed by atoms with van der Waals surface area (Å²) in [6.45, 7) is 0. The third-order valence-corrected chi connectivity index (χ3v) is 22.2. The number of nitrogens with zero attached hydrogens (tertiary/aromatic N) is 6. The topological polar surface area (TPSA) is 120 Å². The number of fused-ring (bicyclic) bond motifs is 28. The van der Waals surface area contributed by atoms with E-state index in [2.05, 4.69) is 285 Å². The Bertz CT molecular complexity index is 8120. The van der Waals surface area contributed by atoms with Crippen molar-refractivity contribution in [3.8, 4) is 57.1 Å². The van der Waals surface area contributed by atoms with Gasteiger partial charge in [-0.25, -0.2) is 0 Å². The van der Waals surface area contributed by atoms with Gasteiger partial charge < -0.3 is 35.9 Å². The zero-order valence-electron chi connectivity index (χ0n) is 57.5. The second-order valence-corrected chi connectivity index (χ2v) is 28.0. The maximum atomic E-state index is 10.4. The lowest BCUT2D eigenvalue weighted by molar-refractivity contribution is 0.669. The molecular weight excluding hydrogens is 1330 g/mol. The first kappa shape index (κ1) is 59.4. The van der Waals surface area contributed by atoms with E-state index < -0.39 is 0 Å². The lowest BCUT2D eigenvalue weighted by Gasteiger charge is -2.13. The highest BCUT2D eigenvalue weighted by atomic mass is 16.3. The number of rotatable bonds is 6. The molecule has 16 aromatic carbocycles. The lowest BCUT2D eigenvalue weighted by Crippen LogP contribution is -1.97. The second-order valence-electron chi connectivity index (χ2n) is 28.0. The molecule has 108 heavy (non-hydrogen) atoms. The van der Waals surface area contributed by atoms with Gasteiger partial charge in [0.25, 0.3) is 0 Å². The van der Waals surface area contributed by atoms with E-state index >= 15 is 0 Å². The predicted molar refractivity (Wildman–Crippen MR) is 440 cm³/mol. The molecule has 10 heteroatoms. The molecule has 0 amide bonds. The summed E-state index contributed by atoms with van der Waals surface area (Å²) in [4.78, 5) is 0. The Balaban J connectivity index is 0.000000130. The molecule has 0 atom stereocenters. The number of hydrogen-bond donors (Lipinski definition) is 0. The van der Waals surface area contributed by atoms with Crippen molar-refractivity contribution in [2.45, 2.75) is 0 Å². The number of para-hydroxylation sites is 8. The molecule has 0 aliphatic rings. The average Bonchev–Trinajstić information content (AvgIpc) is 1.58. The summed E-state index contributed by atoms with van der Waals surface area (Å²) in [5.74, 6) is 0. The van der Waals surface area contributed by atoms with Crippen LogP contribution in [0.25, 0.3) is 220 Å². The Kier molecular flexibility index (Phi) is 12.5. The summed E-state index contributed by atoms with van der Waals surface area (Å²) >= 11 is 0. The van der Waals surface area contributed by atoms with Gasteiger partial charge in [-0.3, -0.25) is 0 Å². The standard InChI is InChI=1S/2C49H27N3O2/c50-28-29-24-31(27-33(25-29)52-41-17-6-2-15-39(41)47-43(52)23-21-37-35-13-4-8-19-45(35)54-49(37)47)30-10-9-11-32(26-30)51-40-16-5-1-14-38(40)46-42(51)22-20-36-34-12-3-7-18-44(34)53-48(36)46;50-28-29-24-31(27-33(25-29)52-39-17-6-2-13-35(39)47-41(52)21-23-45-49(47)37-15-4-8-19-43(37)54-45)30-10-9-11-32(26-30)51-38-16-5-1-12-34(38)46-40(51)20-22-44-48(46)36-14-3-7-18-42(36)53-44/h2*1-27H. The van der Waals surface area contributed by atoms with Gasteiger partial charge in [0.15, 0.2) is 0 Å². The number of benzene rings is 16. The minimum absolute atomic E-state index is 0.591. The van der Waals surface area contributed by atoms with Gasteiger partial charge in [0.05, 0.1) is 78.2 Å². The molecular formula is C98H54N6O4. The van der Waals surface area contributed by atoms with E-state index in [1.165, 1.54) is 10.8 Å². The number of hydrogen-bond acceptors (Lipinski definition) is 6. The first-order valence-electron chi connectivity index (χ1n) is 36.1. The molecule has 24 rings (SSSR count). The molecule has 0 aliphatic heterocycles. The van der Waals surface area contributed by atoms with E-state index in [1.807, 2.05) is 72.8 Å². The number of nitriles is 2. The molecule has 24 aromatic rings. The Labute approximate surface area is 613 Å². The van der Waals surface area contributed by atoms with Gasteiger partial charge in [-0.15, -0.1) is 0 Å². The first-order valence-corrected chi connectivity index (χ1v) is 36.1. The Morgan fingerprint density at radius 1 is 0.194 bits per heavy atom. The van der Waals surface area contributed by atoms with Crippen LogP contribution in [0.2, 0.25) is 0 Å². The fourth-order valence-corrected chi connectivity index (χ4v) is 17.7. The number of furan rings is 4. The van der Waals surface area contributed by atoms with Gasteiger partial charge in [-0.1, -0.05) is 170 Å². The van der Waals surface area contributed by atoms with Crippen molar-refractivity contribution in [3.63, 3.8) is 0 Å². The Hall–Kier alpha value is -15.1. The molecule has 8 aromatic heterocycles. The van der Waals surface area contributed by atoms with Crippen molar-refractivity contribution in [1.82, 2.24) is 18.3 Å². The highest BCUT2D eigenvalue weighted by Gasteiger charge is 2.25. The van der Waals surface area contributed by atoms with Crippen LogP contribution in [0.1, 0.15) is 11.1 Å². The minimum Gasteiger partial charge on any atom is -0.456 e. The molecule has 0 spiro atoms. The summed E-state index contributed by atoms with van der Waals surface area (Å²) in [7, 11) is 0. The monoisotopic (exact) mass is 1380 g/mol. The molecule has 0 fully saturated rings. The van der Waals surface area contributed by atoms with Crippen LogP contribution in [0, 0.1) is 22.7 Å². The molecule has 0 bridgehead atoms. The van der Waals surface area contributed by atoms with Crippen molar-refractivity contribution in [2.75, 3.05) is 0 Å². The Morgan fingerprint density at radius 3 is 0.907 bits per heavy atom. The van der Waals surface area contributed by atoms with Gasteiger partial charge in [0, 0.05) is 98.2 Å². The van der Waals surface area contributed by atoms with Crippen LogP contribution in [-0.4, -0.2) is 18.3 Å². The first-order chi connectivity index (χ1) is 53.5. The van der Waals surface area contributed by atoms with Crippen LogP contribution in [0.15, 0.2) is 345 Å². The van der Waals surface area contributed by atoms with Gasteiger partial charge >= 0.3 is 0 Å². The summed E-state index contributed by atoms with van der Waals surface area (Å²) in [6, 6.07) is 119. The predicted octanol–water partition coefficient (Wildman–Crippen LogP) is 26.4. The lowest BCUT2D eigenvalue weighted by atomic mass is 10.0. The van der Waals surface area contributed by atoms with Crippen LogP contribution >= 0.6 is 0 Å². The third-order valence-electron chi connectivity index (χ3n) is 22.2. The van der Waals surface area contributed by atoms with Crippen molar-refractivity contribution in [3.05, 3.63) is 339 Å². The van der Waals surface area contributed by atoms with E-state index in [0.29, 0.717) is 11.1 Å². The Morgan fingerprint density at radius 2 is 0.509 bits per heavy atom. The van der Waals surface area contributed by atoms with Crippen LogP contribution in [0.4, 0.5) is 0 Å². The molecule has 0 aliphatic carbocycles. The smallest absolute Gasteiger partial charge is 0.145 e. The minimum atomic E-state index is 0.591. The maximum Gasteiger partial charge on any atom is 0.145 e. The fraction of sp³-hybridized carbons (Fsp3) is 0. The molecule has 500 valence electrons. The molecule has 10 nitrogen and oxygen atoms in total. The van der Waals surface area contributed by atoms with E-state index in [1.54, 1.807) is 0 Å². The summed E-state index contributed by atoms with van der Waals surface area (Å²) in [5, 5.41) is 38.7. The SMILES string of the molecule is N#Cc1cc(-c2cccc(-n3c4ccccc4c4c5c(ccc43)oc3ccccc35)c2)cc(-n2c3ccccc3c3c4c(ccc32)oc2ccccc24)c1.N#Cc1cc(-c2cccc(-n3c4ccccc4c4c5oc6ccccc6c5ccc43)c2)cc(-n2c3ccccc3c3c4oc5ccccc5c4ccc32)c1. The quantitative estimate of drug-likeness (QED) is 0.164. The summed E-state index contributed by atoms with van der Waals surface area (Å²) in [6.07, 6.45) is 0. The summed E-state index contributed by atoms with van der Waals surface area (Å²) in [5.41, 5.74) is 24.7. The van der Waals surface area contributed by atoms with Gasteiger partial charge in [-0.05, 0) is 180 Å². The number of aromatic nitrogens is 4. The van der Waals surface area contributed by atoms with Crippen LogP contribution in [0.3, 0.4) is 0 Å². The van der Waals surface area contributed by atoms with Crippen molar-refractivity contribution < 1.29 is 17.7 Å². The van der Waals surface area contributed by atoms with Crippen molar-refractivity contribution in [2.24, 2.45) is 0 Å². The van der Waals surface area contributed by atoms with E-state index in [-0.39, 0.29) is 0 Å². The molecule has 0 saturated heterocycles. The van der Waals surface area contributed by atoms with Crippen molar-refractivity contribution in [1.29, 1.82) is 10.5 Å². The zero-order chi connectivity index (χ0) is 71.0. The van der Waals surface area contributed by atoms with Gasteiger partial charge in [0.1, 0.15) is 44.7 Å². The molecule has 0 saturated carbocycles. The van der Waals surface area contributed by atoms with Crippen LogP contribution in [0.5, 0.6) is 0 Å². The van der Waals surface area contributed by atoms with E-state index in [0.717, 1.165) is 209 Å². The largest absolute Gasteiger partial charge is 0.456 e. The molecule has 0 unspecified atom stereocenters. The molecule has 0 radical (unpaired) electrons. The summed E-state index contributed by atoms with van der Waals surface area (Å²) < 4.78 is 34.9. The normalized spacial score (nSPS) is 12.1. The zero-order valence-corrected chi connectivity index (χ0v) is 57.5. The van der Waals surface area contributed by atoms with Crippen LogP contribution in [-0.2, 0) is 0 Å². The third kappa shape index (κ3) is 8.56. The highest BCUT2D eigenvalue weighted by Crippen LogP contribution is 2.47. The highest BCUT2D eigenvalue weighted by molar-refractivity contribution is 6.30. The maximum absolute atomic E-state index is 10.4. The second kappa shape index (κ2) is 22.7. The van der Waals surface area contributed by atoms with E-state index in [9.17, 15) is 10.5 Å². The average molecular weight is 1380 g/mol. The molecule has 8 heterocycles. The van der Waals surface area contributed by atoms with Crippen LogP contribution < -0.4 is 0 Å². The van der Waals surface area contributed by atoms with Crippen molar-refractivity contribution >= 4 is 175 Å². The van der Waals surface area contributed by atoms with Gasteiger partial charge in [-0.2, -0.15) is 10.5 Å². The fourth-order valence-electron chi connectivity index (χ4n) is 17.7. The molecule has 0 N–H and O–H groups in total. The van der Waals surface area contributed by atoms with E-state index in [4.69, 9.17) is 17.7 Å².